The number of hydrogen-bond donors (Lipinski definition) is 0. The number of hydrogen-bond acceptors (Lipinski definition) is 9. The van der Waals surface area contributed by atoms with Gasteiger partial charge in [-0.1, -0.05) is 11.8 Å². The Morgan fingerprint density at radius 3 is 2.51 bits per heavy atom. The molecule has 11 heteroatoms. The summed E-state index contributed by atoms with van der Waals surface area (Å²) in [6.45, 7) is 2.26. The van der Waals surface area contributed by atoms with Crippen LogP contribution in [0.4, 0.5) is 16.3 Å². The lowest BCUT2D eigenvalue weighted by Gasteiger charge is -2.41. The van der Waals surface area contributed by atoms with E-state index in [-0.39, 0.29) is 6.04 Å². The highest BCUT2D eigenvalue weighted by atomic mass is 19.1. The van der Waals surface area contributed by atoms with Crippen molar-refractivity contribution < 1.29 is 9.13 Å². The minimum absolute atomic E-state index is 0.0728. The van der Waals surface area contributed by atoms with Gasteiger partial charge in [0.05, 0.1) is 18.2 Å². The first-order valence-corrected chi connectivity index (χ1v) is 11.0. The molecule has 0 unspecified atom stereocenters. The Bertz CT molecular complexity index is 1320. The van der Waals surface area contributed by atoms with Gasteiger partial charge in [-0.25, -0.2) is 24.9 Å². The summed E-state index contributed by atoms with van der Waals surface area (Å²) in [6, 6.07) is 4.95. The first kappa shape index (κ1) is 22.4. The number of aromatic nitrogens is 7. The van der Waals surface area contributed by atoms with Crippen LogP contribution in [-0.4, -0.2) is 73.9 Å². The summed E-state index contributed by atoms with van der Waals surface area (Å²) in [5.41, 5.74) is 1.49. The fourth-order valence-corrected chi connectivity index (χ4v) is 3.80. The van der Waals surface area contributed by atoms with E-state index >= 15 is 0 Å². The molecule has 0 saturated carbocycles. The molecular formula is C24H22FN9O. The van der Waals surface area contributed by atoms with Gasteiger partial charge < -0.3 is 14.5 Å². The van der Waals surface area contributed by atoms with E-state index in [0.717, 1.165) is 11.4 Å². The van der Waals surface area contributed by atoms with Gasteiger partial charge in [0.2, 0.25) is 17.8 Å². The molecule has 0 bridgehead atoms. The largest absolute Gasteiger partial charge is 0.382 e. The molecule has 176 valence electrons. The van der Waals surface area contributed by atoms with E-state index in [2.05, 4.69) is 46.6 Å². The third-order valence-corrected chi connectivity index (χ3v) is 5.50. The number of pyridine rings is 1. The molecule has 0 spiro atoms. The average molecular weight is 472 g/mol. The van der Waals surface area contributed by atoms with E-state index in [1.165, 1.54) is 12.3 Å². The number of nitrogens with zero attached hydrogens (tertiary/aromatic N) is 9. The van der Waals surface area contributed by atoms with Gasteiger partial charge in [0, 0.05) is 75.6 Å². The Morgan fingerprint density at radius 1 is 0.971 bits per heavy atom. The second kappa shape index (κ2) is 10.2. The minimum Gasteiger partial charge on any atom is -0.382 e. The molecule has 5 rings (SSSR count). The Kier molecular flexibility index (Phi) is 6.54. The lowest BCUT2D eigenvalue weighted by molar-refractivity contribution is 0.173. The van der Waals surface area contributed by atoms with Crippen LogP contribution in [0.15, 0.2) is 61.7 Å². The molecule has 35 heavy (non-hydrogen) atoms. The van der Waals surface area contributed by atoms with Gasteiger partial charge in [0.25, 0.3) is 0 Å². The normalized spacial score (nSPS) is 15.5. The van der Waals surface area contributed by atoms with Gasteiger partial charge in [-0.15, -0.1) is 0 Å². The van der Waals surface area contributed by atoms with E-state index in [1.54, 1.807) is 38.2 Å². The van der Waals surface area contributed by atoms with Crippen molar-refractivity contribution >= 4 is 11.9 Å². The van der Waals surface area contributed by atoms with Crippen LogP contribution in [0.5, 0.6) is 0 Å². The smallest absolute Gasteiger partial charge is 0.228 e. The first-order valence-electron chi connectivity index (χ1n) is 11.0. The second-order valence-corrected chi connectivity index (χ2v) is 7.82. The monoisotopic (exact) mass is 471 g/mol. The maximum atomic E-state index is 13.6. The third-order valence-electron chi connectivity index (χ3n) is 5.50. The third kappa shape index (κ3) is 5.23. The maximum Gasteiger partial charge on any atom is 0.228 e. The standard InChI is InChI=1S/C24H22FN9O/c1-35-16-20-15-32(10-11-34(20)24-27-7-6-21(25)31-24)23-29-13-19(14-30-23)3-2-18-4-5-22(28-12-18)33-9-8-26-17-33/h4-9,12-14,17,20H,10-11,15-16H2,1H3/t20-/m1/s1. The van der Waals surface area contributed by atoms with Crippen molar-refractivity contribution in [3.63, 3.8) is 0 Å². The lowest BCUT2D eigenvalue weighted by atomic mass is 10.2. The van der Waals surface area contributed by atoms with Crippen LogP contribution >= 0.6 is 0 Å². The molecule has 0 N–H and O–H groups in total. The number of imidazole rings is 1. The zero-order valence-electron chi connectivity index (χ0n) is 19.0. The van der Waals surface area contributed by atoms with Crippen molar-refractivity contribution in [1.29, 1.82) is 0 Å². The molecule has 5 heterocycles. The zero-order chi connectivity index (χ0) is 24.0. The Labute approximate surface area is 201 Å². The highest BCUT2D eigenvalue weighted by Crippen LogP contribution is 2.20. The minimum atomic E-state index is -0.557. The van der Waals surface area contributed by atoms with Crippen LogP contribution in [0.25, 0.3) is 5.82 Å². The number of rotatable bonds is 5. The van der Waals surface area contributed by atoms with Gasteiger partial charge in [0.15, 0.2) is 0 Å². The van der Waals surface area contributed by atoms with E-state index in [1.807, 2.05) is 27.8 Å². The second-order valence-electron chi connectivity index (χ2n) is 7.82. The summed E-state index contributed by atoms with van der Waals surface area (Å²) < 4.78 is 20.8. The fraction of sp³-hybridized carbons (Fsp3) is 0.250. The molecule has 0 radical (unpaired) electrons. The van der Waals surface area contributed by atoms with Crippen molar-refractivity contribution in [3.8, 4) is 17.7 Å². The van der Waals surface area contributed by atoms with Crippen molar-refractivity contribution in [1.82, 2.24) is 34.5 Å². The molecule has 1 aliphatic rings. The molecule has 0 aliphatic carbocycles. The van der Waals surface area contributed by atoms with Crippen molar-refractivity contribution in [2.45, 2.75) is 6.04 Å². The van der Waals surface area contributed by atoms with E-state index in [4.69, 9.17) is 4.74 Å². The number of methoxy groups -OCH3 is 1. The SMILES string of the molecule is COC[C@H]1CN(c2ncc(C#Cc3ccc(-n4ccnc4)nc3)cn2)CCN1c1nccc(F)n1. The van der Waals surface area contributed by atoms with Crippen LogP contribution in [0.2, 0.25) is 0 Å². The average Bonchev–Trinajstić information content (AvgIpc) is 3.43. The quantitative estimate of drug-likeness (QED) is 0.318. The lowest BCUT2D eigenvalue weighted by Crippen LogP contribution is -2.56. The summed E-state index contributed by atoms with van der Waals surface area (Å²) >= 11 is 0. The summed E-state index contributed by atoms with van der Waals surface area (Å²) in [5, 5.41) is 0. The Hall–Kier alpha value is -4.43. The highest BCUT2D eigenvalue weighted by Gasteiger charge is 2.30. The van der Waals surface area contributed by atoms with Crippen LogP contribution in [0.3, 0.4) is 0 Å². The predicted molar refractivity (Wildman–Crippen MR) is 127 cm³/mol. The van der Waals surface area contributed by atoms with Gasteiger partial charge >= 0.3 is 0 Å². The van der Waals surface area contributed by atoms with E-state index < -0.39 is 5.95 Å². The van der Waals surface area contributed by atoms with Gasteiger partial charge in [-0.2, -0.15) is 9.37 Å². The van der Waals surface area contributed by atoms with Crippen LogP contribution in [0.1, 0.15) is 11.1 Å². The van der Waals surface area contributed by atoms with Crippen molar-refractivity contribution in [2.75, 3.05) is 43.2 Å². The summed E-state index contributed by atoms with van der Waals surface area (Å²) in [5.74, 6) is 7.33. The van der Waals surface area contributed by atoms with Crippen molar-refractivity contribution in [3.05, 3.63) is 78.8 Å². The highest BCUT2D eigenvalue weighted by molar-refractivity contribution is 5.44. The molecule has 1 fully saturated rings. The predicted octanol–water partition coefficient (Wildman–Crippen LogP) is 1.73. The van der Waals surface area contributed by atoms with Crippen LogP contribution < -0.4 is 9.80 Å². The number of halogens is 1. The van der Waals surface area contributed by atoms with Gasteiger partial charge in [-0.05, 0) is 12.1 Å². The summed E-state index contributed by atoms with van der Waals surface area (Å²) in [4.78, 5) is 29.6. The van der Waals surface area contributed by atoms with E-state index in [0.29, 0.717) is 43.7 Å². The molecule has 0 aromatic carbocycles. The van der Waals surface area contributed by atoms with Crippen LogP contribution in [0, 0.1) is 17.8 Å². The topological polar surface area (TPSA) is 98.0 Å². The Morgan fingerprint density at radius 2 is 1.80 bits per heavy atom. The summed E-state index contributed by atoms with van der Waals surface area (Å²) in [6.07, 6.45) is 11.8. The molecule has 0 amide bonds. The molecule has 1 atom stereocenters. The van der Waals surface area contributed by atoms with Gasteiger partial charge in [-0.3, -0.25) is 4.57 Å². The number of piperazine rings is 1. The summed E-state index contributed by atoms with van der Waals surface area (Å²) in [7, 11) is 1.63. The number of ether oxygens (including phenoxy) is 1. The number of anilines is 2. The first-order chi connectivity index (χ1) is 17.2. The molecule has 4 aromatic heterocycles. The molecule has 4 aromatic rings. The zero-order valence-corrected chi connectivity index (χ0v) is 19.0. The molecule has 1 aliphatic heterocycles. The van der Waals surface area contributed by atoms with Crippen LogP contribution in [-0.2, 0) is 4.74 Å². The van der Waals surface area contributed by atoms with Gasteiger partial charge in [0.1, 0.15) is 12.1 Å². The molecular weight excluding hydrogens is 449 g/mol. The molecule has 10 nitrogen and oxygen atoms in total. The molecule has 1 saturated heterocycles. The van der Waals surface area contributed by atoms with E-state index in [9.17, 15) is 4.39 Å². The maximum absolute atomic E-state index is 13.6. The Balaban J connectivity index is 1.25. The fourth-order valence-electron chi connectivity index (χ4n) is 3.80. The van der Waals surface area contributed by atoms with Crippen molar-refractivity contribution in [2.24, 2.45) is 0 Å².